The summed E-state index contributed by atoms with van der Waals surface area (Å²) in [4.78, 5) is 22.1. The van der Waals surface area contributed by atoms with Gasteiger partial charge in [0, 0.05) is 22.3 Å². The number of carbonyl (C=O) groups excluding carboxylic acids is 1. The topological polar surface area (TPSA) is 74.7 Å². The van der Waals surface area contributed by atoms with Crippen molar-refractivity contribution in [2.24, 2.45) is 0 Å². The van der Waals surface area contributed by atoms with Crippen molar-refractivity contribution in [2.75, 3.05) is 13.1 Å². The molecule has 2 aliphatic rings. The molecule has 6 nitrogen and oxygen atoms in total. The van der Waals surface area contributed by atoms with Gasteiger partial charge in [-0.1, -0.05) is 11.6 Å². The molecule has 1 amide bonds. The second-order valence-electron chi connectivity index (χ2n) is 8.77. The second kappa shape index (κ2) is 7.89. The van der Waals surface area contributed by atoms with E-state index in [-0.39, 0.29) is 35.1 Å². The summed E-state index contributed by atoms with van der Waals surface area (Å²) in [6, 6.07) is 5.12. The molecule has 1 saturated heterocycles. The van der Waals surface area contributed by atoms with Gasteiger partial charge in [0.15, 0.2) is 5.67 Å². The number of amides is 1. The van der Waals surface area contributed by atoms with Gasteiger partial charge in [-0.2, -0.15) is 13.2 Å². The molecule has 3 heterocycles. The number of alkyl halides is 4. The van der Waals surface area contributed by atoms with E-state index in [0.29, 0.717) is 6.07 Å². The fraction of sp³-hybridized carbons (Fsp3) is 0.364. The summed E-state index contributed by atoms with van der Waals surface area (Å²) in [6.45, 7) is 1.96. The summed E-state index contributed by atoms with van der Waals surface area (Å²) >= 11 is 5.74. The van der Waals surface area contributed by atoms with Gasteiger partial charge in [0.25, 0.3) is 5.91 Å². The van der Waals surface area contributed by atoms with Gasteiger partial charge in [0.05, 0.1) is 24.5 Å². The fourth-order valence-electron chi connectivity index (χ4n) is 3.82. The zero-order valence-electron chi connectivity index (χ0n) is 17.9. The van der Waals surface area contributed by atoms with Crippen LogP contribution in [0.2, 0.25) is 5.02 Å². The minimum Gasteiger partial charge on any atom is -0.381 e. The van der Waals surface area contributed by atoms with Gasteiger partial charge in [-0.3, -0.25) is 20.1 Å². The van der Waals surface area contributed by atoms with Crippen LogP contribution < -0.4 is 5.48 Å². The van der Waals surface area contributed by atoms with Crippen LogP contribution in [0.15, 0.2) is 42.6 Å². The maximum Gasteiger partial charge on any atom is 0.428 e. The van der Waals surface area contributed by atoms with E-state index in [1.165, 1.54) is 26.0 Å². The van der Waals surface area contributed by atoms with E-state index in [0.717, 1.165) is 29.3 Å². The standard InChI is InChI=1S/C22H19ClF5N3O3/c1-19(2,33)18(32)31-10-20(25,11-31)17-4-3-12(9-29-17)16-8-21(34-30-16,22(26,27)28)13-5-14(23)7-15(24)6-13/h3-9,30,33H,10-11H2,1-2H3. The van der Waals surface area contributed by atoms with Crippen molar-refractivity contribution in [3.05, 3.63) is 70.3 Å². The predicted molar refractivity (Wildman–Crippen MR) is 111 cm³/mol. The number of aromatic nitrogens is 1. The van der Waals surface area contributed by atoms with E-state index in [4.69, 9.17) is 16.4 Å². The van der Waals surface area contributed by atoms with Gasteiger partial charge in [0.1, 0.15) is 11.4 Å². The highest BCUT2D eigenvalue weighted by Gasteiger charge is 2.60. The van der Waals surface area contributed by atoms with Crippen LogP contribution in [0.3, 0.4) is 0 Å². The van der Waals surface area contributed by atoms with Crippen LogP contribution in [0.25, 0.3) is 5.70 Å². The molecule has 34 heavy (non-hydrogen) atoms. The van der Waals surface area contributed by atoms with Gasteiger partial charge in [-0.25, -0.2) is 8.78 Å². The number of nitrogens with one attached hydrogen (secondary N) is 1. The highest BCUT2D eigenvalue weighted by atomic mass is 35.5. The predicted octanol–water partition coefficient (Wildman–Crippen LogP) is 3.99. The average molecular weight is 504 g/mol. The number of pyridine rings is 1. The van der Waals surface area contributed by atoms with Crippen molar-refractivity contribution < 1.29 is 36.7 Å². The van der Waals surface area contributed by atoms with Gasteiger partial charge < -0.3 is 10.0 Å². The summed E-state index contributed by atoms with van der Waals surface area (Å²) in [5, 5.41) is 9.53. The van der Waals surface area contributed by atoms with Crippen LogP contribution in [0.1, 0.15) is 30.7 Å². The van der Waals surface area contributed by atoms with E-state index in [1.54, 1.807) is 0 Å². The third-order valence-electron chi connectivity index (χ3n) is 5.61. The van der Waals surface area contributed by atoms with E-state index in [9.17, 15) is 27.5 Å². The molecule has 0 aliphatic carbocycles. The second-order valence-corrected chi connectivity index (χ2v) is 9.21. The minimum absolute atomic E-state index is 0.0189. The SMILES string of the molecule is CC(C)(O)C(=O)N1CC(F)(c2ccc(C3=CC(c4cc(F)cc(Cl)c4)(C(F)(F)F)ON3)cn2)C1. The zero-order valence-corrected chi connectivity index (χ0v) is 18.6. The zero-order chi connectivity index (χ0) is 25.1. The van der Waals surface area contributed by atoms with Crippen molar-refractivity contribution in [3.63, 3.8) is 0 Å². The average Bonchev–Trinajstić information content (AvgIpc) is 3.16. The monoisotopic (exact) mass is 503 g/mol. The first-order valence-corrected chi connectivity index (χ1v) is 10.4. The molecule has 1 unspecified atom stereocenters. The number of rotatable bonds is 4. The van der Waals surface area contributed by atoms with Crippen LogP contribution >= 0.6 is 11.6 Å². The number of hydrogen-bond donors (Lipinski definition) is 2. The largest absolute Gasteiger partial charge is 0.428 e. The maximum absolute atomic E-state index is 15.1. The number of nitrogens with zero attached hydrogens (tertiary/aromatic N) is 2. The molecule has 2 N–H and O–H groups in total. The van der Waals surface area contributed by atoms with E-state index >= 15 is 4.39 Å². The van der Waals surface area contributed by atoms with Gasteiger partial charge in [-0.05, 0) is 50.3 Å². The van der Waals surface area contributed by atoms with E-state index < -0.39 is 40.3 Å². The summed E-state index contributed by atoms with van der Waals surface area (Å²) in [7, 11) is 0. The lowest BCUT2D eigenvalue weighted by Crippen LogP contribution is -2.62. The van der Waals surface area contributed by atoms with Crippen molar-refractivity contribution in [1.82, 2.24) is 15.4 Å². The Labute approximate surface area is 195 Å². The highest BCUT2D eigenvalue weighted by Crippen LogP contribution is 2.48. The normalized spacial score (nSPS) is 22.1. The van der Waals surface area contributed by atoms with Crippen molar-refractivity contribution in [2.45, 2.75) is 36.9 Å². The Morgan fingerprint density at radius 1 is 1.24 bits per heavy atom. The molecule has 1 atom stereocenters. The number of hydroxylamine groups is 1. The lowest BCUT2D eigenvalue weighted by atomic mass is 9.89. The molecular weight excluding hydrogens is 485 g/mol. The third-order valence-corrected chi connectivity index (χ3v) is 5.83. The van der Waals surface area contributed by atoms with Crippen LogP contribution in [0.4, 0.5) is 22.0 Å². The molecular formula is C22H19ClF5N3O3. The summed E-state index contributed by atoms with van der Waals surface area (Å²) in [5.74, 6) is -1.59. The minimum atomic E-state index is -4.97. The van der Waals surface area contributed by atoms with E-state index in [1.807, 2.05) is 0 Å². The number of benzene rings is 1. The summed E-state index contributed by atoms with van der Waals surface area (Å²) < 4.78 is 71.0. The first kappa shape index (κ1) is 24.4. The molecule has 2 aliphatic heterocycles. The van der Waals surface area contributed by atoms with Gasteiger partial charge in [-0.15, -0.1) is 0 Å². The van der Waals surface area contributed by atoms with E-state index in [2.05, 4.69) is 10.5 Å². The molecule has 1 aromatic carbocycles. The molecule has 182 valence electrons. The smallest absolute Gasteiger partial charge is 0.381 e. The lowest BCUT2D eigenvalue weighted by Gasteiger charge is -2.45. The molecule has 12 heteroatoms. The molecule has 0 bridgehead atoms. The van der Waals surface area contributed by atoms with Crippen LogP contribution in [-0.2, 0) is 20.9 Å². The Kier molecular flexibility index (Phi) is 5.66. The summed E-state index contributed by atoms with van der Waals surface area (Å²) in [6.07, 6.45) is -3.09. The molecule has 0 radical (unpaired) electrons. The maximum atomic E-state index is 15.1. The van der Waals surface area contributed by atoms with Crippen LogP contribution in [-0.4, -0.2) is 45.8 Å². The Balaban J connectivity index is 1.59. The van der Waals surface area contributed by atoms with Gasteiger partial charge >= 0.3 is 6.18 Å². The van der Waals surface area contributed by atoms with Crippen molar-refractivity contribution >= 4 is 23.2 Å². The number of aliphatic hydroxyl groups is 1. The quantitative estimate of drug-likeness (QED) is 0.617. The molecule has 4 rings (SSSR count). The van der Waals surface area contributed by atoms with Crippen LogP contribution in [0.5, 0.6) is 0 Å². The van der Waals surface area contributed by atoms with Crippen molar-refractivity contribution in [1.29, 1.82) is 0 Å². The first-order valence-electron chi connectivity index (χ1n) is 10.0. The fourth-order valence-corrected chi connectivity index (χ4v) is 4.05. The number of hydrogen-bond acceptors (Lipinski definition) is 5. The Morgan fingerprint density at radius 3 is 2.44 bits per heavy atom. The number of likely N-dealkylation sites (tertiary alicyclic amines) is 1. The Hall–Kier alpha value is -2.76. The van der Waals surface area contributed by atoms with Crippen molar-refractivity contribution in [3.8, 4) is 0 Å². The molecule has 0 spiro atoms. The number of halogens is 6. The molecule has 1 aromatic heterocycles. The highest BCUT2D eigenvalue weighted by molar-refractivity contribution is 6.30. The Bertz CT molecular complexity index is 1140. The molecule has 2 aromatic rings. The Morgan fingerprint density at radius 2 is 1.91 bits per heavy atom. The molecule has 0 saturated carbocycles. The first-order chi connectivity index (χ1) is 15.6. The molecule has 1 fully saturated rings. The third kappa shape index (κ3) is 4.12. The van der Waals surface area contributed by atoms with Crippen LogP contribution in [0, 0.1) is 5.82 Å². The summed E-state index contributed by atoms with van der Waals surface area (Å²) in [5.41, 5.74) is -4.96. The van der Waals surface area contributed by atoms with Gasteiger partial charge in [0.2, 0.25) is 5.60 Å². The lowest BCUT2D eigenvalue weighted by molar-refractivity contribution is -0.269. The number of carbonyl (C=O) groups is 1.